The Balaban J connectivity index is 1.34. The number of thiazole rings is 2. The van der Waals surface area contributed by atoms with Gasteiger partial charge in [0.25, 0.3) is 0 Å². The second-order valence-electron chi connectivity index (χ2n) is 6.77. The average molecular weight is 409 g/mol. The zero-order chi connectivity index (χ0) is 19.3. The molecule has 1 saturated heterocycles. The van der Waals surface area contributed by atoms with Crippen LogP contribution in [0.15, 0.2) is 42.5 Å². The standard InChI is InChI=1S/C20H16N4O2S2/c1-11-21-15-9-13(6-7-17(15)27-11)24-10-12(8-18(24)25)19(26)23-20-22-14-4-2-3-5-16(14)28-20/h2-7,9,12H,8,10H2,1H3,(H,22,23,26). The molecule has 1 N–H and O–H groups in total. The molecule has 0 radical (unpaired) electrons. The van der Waals surface area contributed by atoms with E-state index in [1.54, 1.807) is 16.2 Å². The normalized spacial score (nSPS) is 17.0. The zero-order valence-electron chi connectivity index (χ0n) is 15.0. The van der Waals surface area contributed by atoms with Gasteiger partial charge in [0.15, 0.2) is 5.13 Å². The fraction of sp³-hybridized carbons (Fsp3) is 0.200. The Morgan fingerprint density at radius 1 is 1.11 bits per heavy atom. The third-order valence-corrected chi connectivity index (χ3v) is 6.71. The molecule has 1 atom stereocenters. The van der Waals surface area contributed by atoms with Crippen molar-refractivity contribution in [1.29, 1.82) is 0 Å². The minimum atomic E-state index is -0.396. The van der Waals surface area contributed by atoms with E-state index in [0.717, 1.165) is 31.1 Å². The summed E-state index contributed by atoms with van der Waals surface area (Å²) in [5.41, 5.74) is 2.53. The van der Waals surface area contributed by atoms with Crippen LogP contribution in [0.3, 0.4) is 0 Å². The topological polar surface area (TPSA) is 75.2 Å². The number of hydrogen-bond acceptors (Lipinski definition) is 6. The van der Waals surface area contributed by atoms with E-state index in [1.807, 2.05) is 49.4 Å². The smallest absolute Gasteiger partial charge is 0.231 e. The summed E-state index contributed by atoms with van der Waals surface area (Å²) < 4.78 is 2.12. The Labute approximate surface area is 168 Å². The van der Waals surface area contributed by atoms with E-state index in [4.69, 9.17) is 0 Å². The van der Waals surface area contributed by atoms with Crippen LogP contribution >= 0.6 is 22.7 Å². The van der Waals surface area contributed by atoms with E-state index in [9.17, 15) is 9.59 Å². The lowest BCUT2D eigenvalue weighted by molar-refractivity contribution is -0.122. The van der Waals surface area contributed by atoms with Crippen LogP contribution in [0.2, 0.25) is 0 Å². The van der Waals surface area contributed by atoms with Gasteiger partial charge in [0.1, 0.15) is 0 Å². The monoisotopic (exact) mass is 408 g/mol. The molecule has 2 aromatic carbocycles. The molecule has 1 fully saturated rings. The molecular formula is C20H16N4O2S2. The van der Waals surface area contributed by atoms with Crippen LogP contribution in [0.4, 0.5) is 10.8 Å². The highest BCUT2D eigenvalue weighted by Gasteiger charge is 2.35. The number of fused-ring (bicyclic) bond motifs is 2. The van der Waals surface area contributed by atoms with Gasteiger partial charge in [0.2, 0.25) is 11.8 Å². The lowest BCUT2D eigenvalue weighted by atomic mass is 10.1. The number of amides is 2. The van der Waals surface area contributed by atoms with Crippen LogP contribution in [-0.2, 0) is 9.59 Å². The van der Waals surface area contributed by atoms with Gasteiger partial charge in [0.05, 0.1) is 31.4 Å². The average Bonchev–Trinajstić information content (AvgIpc) is 3.35. The number of aryl methyl sites for hydroxylation is 1. The summed E-state index contributed by atoms with van der Waals surface area (Å²) in [5.74, 6) is -0.608. The van der Waals surface area contributed by atoms with Crippen molar-refractivity contribution in [2.75, 3.05) is 16.8 Å². The molecule has 1 aliphatic heterocycles. The number of nitrogens with zero attached hydrogens (tertiary/aromatic N) is 3. The number of rotatable bonds is 3. The maximum atomic E-state index is 12.7. The predicted molar refractivity (Wildman–Crippen MR) is 113 cm³/mol. The molecule has 6 nitrogen and oxygen atoms in total. The van der Waals surface area contributed by atoms with E-state index >= 15 is 0 Å². The molecule has 8 heteroatoms. The van der Waals surface area contributed by atoms with Crippen molar-refractivity contribution >= 4 is 65.7 Å². The highest BCUT2D eigenvalue weighted by atomic mass is 32.1. The summed E-state index contributed by atoms with van der Waals surface area (Å²) >= 11 is 3.07. The summed E-state index contributed by atoms with van der Waals surface area (Å²) in [6.45, 7) is 2.33. The first-order valence-corrected chi connectivity index (χ1v) is 10.5. The fourth-order valence-corrected chi connectivity index (χ4v) is 5.14. The Bertz CT molecular complexity index is 1200. The second kappa shape index (κ2) is 6.65. The van der Waals surface area contributed by atoms with Gasteiger partial charge in [-0.1, -0.05) is 23.5 Å². The van der Waals surface area contributed by atoms with Crippen LogP contribution in [-0.4, -0.2) is 28.3 Å². The minimum absolute atomic E-state index is 0.0456. The second-order valence-corrected chi connectivity index (χ2v) is 9.03. The molecule has 4 aromatic rings. The number of nitrogens with one attached hydrogen (secondary N) is 1. The maximum Gasteiger partial charge on any atom is 0.231 e. The third-order valence-electron chi connectivity index (χ3n) is 4.81. The van der Waals surface area contributed by atoms with Crippen molar-refractivity contribution in [2.24, 2.45) is 5.92 Å². The quantitative estimate of drug-likeness (QED) is 0.551. The summed E-state index contributed by atoms with van der Waals surface area (Å²) in [6.07, 6.45) is 0.199. The van der Waals surface area contributed by atoms with Crippen molar-refractivity contribution in [3.63, 3.8) is 0 Å². The molecule has 2 amide bonds. The van der Waals surface area contributed by atoms with E-state index in [2.05, 4.69) is 15.3 Å². The van der Waals surface area contributed by atoms with E-state index < -0.39 is 5.92 Å². The van der Waals surface area contributed by atoms with Crippen LogP contribution in [0.1, 0.15) is 11.4 Å². The van der Waals surface area contributed by atoms with Crippen molar-refractivity contribution in [1.82, 2.24) is 9.97 Å². The number of hydrogen-bond donors (Lipinski definition) is 1. The first-order chi connectivity index (χ1) is 13.6. The summed E-state index contributed by atoms with van der Waals surface area (Å²) in [4.78, 5) is 35.8. The number of aromatic nitrogens is 2. The van der Waals surface area contributed by atoms with Gasteiger partial charge in [-0.15, -0.1) is 11.3 Å². The highest BCUT2D eigenvalue weighted by Crippen LogP contribution is 2.31. The lowest BCUT2D eigenvalue weighted by Gasteiger charge is -2.16. The molecule has 0 bridgehead atoms. The molecular weight excluding hydrogens is 392 g/mol. The van der Waals surface area contributed by atoms with E-state index in [1.165, 1.54) is 11.3 Å². The number of carbonyl (C=O) groups excluding carboxylic acids is 2. The molecule has 2 aromatic heterocycles. The Hall–Kier alpha value is -2.84. The Morgan fingerprint density at radius 3 is 2.79 bits per heavy atom. The van der Waals surface area contributed by atoms with Crippen LogP contribution in [0, 0.1) is 12.8 Å². The van der Waals surface area contributed by atoms with Gasteiger partial charge in [-0.2, -0.15) is 0 Å². The maximum absolute atomic E-state index is 12.7. The van der Waals surface area contributed by atoms with Crippen molar-refractivity contribution < 1.29 is 9.59 Å². The summed E-state index contributed by atoms with van der Waals surface area (Å²) in [7, 11) is 0. The van der Waals surface area contributed by atoms with Gasteiger partial charge < -0.3 is 10.2 Å². The summed E-state index contributed by atoms with van der Waals surface area (Å²) in [5, 5.41) is 4.44. The van der Waals surface area contributed by atoms with Gasteiger partial charge in [0, 0.05) is 18.7 Å². The highest BCUT2D eigenvalue weighted by molar-refractivity contribution is 7.22. The van der Waals surface area contributed by atoms with Crippen molar-refractivity contribution in [3.05, 3.63) is 47.5 Å². The van der Waals surface area contributed by atoms with Gasteiger partial charge in [-0.05, 0) is 37.3 Å². The lowest BCUT2D eigenvalue weighted by Crippen LogP contribution is -2.28. The van der Waals surface area contributed by atoms with E-state index in [0.29, 0.717) is 11.7 Å². The Morgan fingerprint density at radius 2 is 1.93 bits per heavy atom. The van der Waals surface area contributed by atoms with E-state index in [-0.39, 0.29) is 18.2 Å². The first-order valence-electron chi connectivity index (χ1n) is 8.91. The minimum Gasteiger partial charge on any atom is -0.312 e. The fourth-order valence-electron chi connectivity index (χ4n) is 3.46. The molecule has 0 aliphatic carbocycles. The Kier molecular flexibility index (Phi) is 4.10. The van der Waals surface area contributed by atoms with Crippen LogP contribution < -0.4 is 10.2 Å². The van der Waals surface area contributed by atoms with Crippen LogP contribution in [0.5, 0.6) is 0 Å². The summed E-state index contributed by atoms with van der Waals surface area (Å²) in [6, 6.07) is 13.6. The number of carbonyl (C=O) groups is 2. The first kappa shape index (κ1) is 17.3. The van der Waals surface area contributed by atoms with Gasteiger partial charge >= 0.3 is 0 Å². The van der Waals surface area contributed by atoms with Gasteiger partial charge in [-0.25, -0.2) is 9.97 Å². The number of anilines is 2. The molecule has 0 spiro atoms. The number of para-hydroxylation sites is 1. The molecule has 5 rings (SSSR count). The van der Waals surface area contributed by atoms with Crippen molar-refractivity contribution in [3.8, 4) is 0 Å². The molecule has 140 valence electrons. The molecule has 3 heterocycles. The molecule has 0 saturated carbocycles. The molecule has 28 heavy (non-hydrogen) atoms. The molecule has 1 unspecified atom stereocenters. The zero-order valence-corrected chi connectivity index (χ0v) is 16.6. The number of benzene rings is 2. The van der Waals surface area contributed by atoms with Crippen LogP contribution in [0.25, 0.3) is 20.4 Å². The predicted octanol–water partition coefficient (Wildman–Crippen LogP) is 4.21. The third kappa shape index (κ3) is 3.04. The van der Waals surface area contributed by atoms with Crippen molar-refractivity contribution in [2.45, 2.75) is 13.3 Å². The largest absolute Gasteiger partial charge is 0.312 e. The SMILES string of the molecule is Cc1nc2cc(N3CC(C(=O)Nc4nc5ccccc5s4)CC3=O)ccc2s1. The van der Waals surface area contributed by atoms with Gasteiger partial charge in [-0.3, -0.25) is 9.59 Å². The molecule has 1 aliphatic rings.